The molecule has 1 aromatic carbocycles. The molecule has 112 valence electrons. The summed E-state index contributed by atoms with van der Waals surface area (Å²) < 4.78 is 37.7. The highest BCUT2D eigenvalue weighted by Gasteiger charge is 2.44. The van der Waals surface area contributed by atoms with Gasteiger partial charge in [-0.25, -0.2) is 0 Å². The zero-order valence-electron chi connectivity index (χ0n) is 10.8. The van der Waals surface area contributed by atoms with E-state index in [-0.39, 0.29) is 11.9 Å². The van der Waals surface area contributed by atoms with Crippen molar-refractivity contribution in [1.82, 2.24) is 4.90 Å². The van der Waals surface area contributed by atoms with Crippen molar-refractivity contribution in [2.45, 2.75) is 18.6 Å². The molecular weight excluding hydrogens is 321 g/mol. The molecule has 0 spiro atoms. The van der Waals surface area contributed by atoms with Crippen molar-refractivity contribution in [1.29, 1.82) is 0 Å². The lowest BCUT2D eigenvalue weighted by Crippen LogP contribution is -2.38. The number of anilines is 1. The maximum Gasteiger partial charge on any atom is 0.416 e. The van der Waals surface area contributed by atoms with Crippen LogP contribution in [0.25, 0.3) is 0 Å². The Morgan fingerprint density at radius 1 is 1.24 bits per heavy atom. The van der Waals surface area contributed by atoms with Crippen LogP contribution in [-0.4, -0.2) is 33.6 Å². The number of nitrogens with zero attached hydrogens (tertiary/aromatic N) is 2. The van der Waals surface area contributed by atoms with E-state index in [1.807, 2.05) is 4.90 Å². The normalized spacial score (nSPS) is 22.7. The Morgan fingerprint density at radius 3 is 2.48 bits per heavy atom. The molecule has 8 heteroatoms. The predicted octanol–water partition coefficient (Wildman–Crippen LogP) is 3.10. The van der Waals surface area contributed by atoms with E-state index in [4.69, 9.17) is 12.2 Å². The highest BCUT2D eigenvalue weighted by molar-refractivity contribution is 7.99. The van der Waals surface area contributed by atoms with E-state index in [0.29, 0.717) is 23.1 Å². The van der Waals surface area contributed by atoms with Gasteiger partial charge in [-0.3, -0.25) is 9.69 Å². The van der Waals surface area contributed by atoms with E-state index in [9.17, 15) is 18.0 Å². The Hall–Kier alpha value is -1.28. The fraction of sp³-hybridized carbons (Fsp3) is 0.385. The molecule has 0 unspecified atom stereocenters. The summed E-state index contributed by atoms with van der Waals surface area (Å²) in [6, 6.07) is 4.24. The second-order valence-electron chi connectivity index (χ2n) is 4.81. The molecule has 2 heterocycles. The van der Waals surface area contributed by atoms with Crippen molar-refractivity contribution < 1.29 is 18.0 Å². The van der Waals surface area contributed by atoms with Gasteiger partial charge in [0.1, 0.15) is 6.04 Å². The number of thiocarbonyl (C=S) groups is 1. The van der Waals surface area contributed by atoms with Crippen molar-refractivity contribution in [3.05, 3.63) is 29.8 Å². The topological polar surface area (TPSA) is 23.6 Å². The number of carbonyl (C=O) groups is 1. The lowest BCUT2D eigenvalue weighted by atomic mass is 10.1. The fourth-order valence-electron chi connectivity index (χ4n) is 2.46. The average Bonchev–Trinajstić information content (AvgIpc) is 2.71. The number of hydrogen-bond acceptors (Lipinski definition) is 3. The molecule has 2 aliphatic heterocycles. The summed E-state index contributed by atoms with van der Waals surface area (Å²) in [5.74, 6) is 1.38. The molecular formula is C13H11F3N2OS2. The summed E-state index contributed by atoms with van der Waals surface area (Å²) in [5, 5.41) is 0.372. The molecule has 2 fully saturated rings. The first-order chi connectivity index (χ1) is 9.89. The number of benzene rings is 1. The van der Waals surface area contributed by atoms with Crippen molar-refractivity contribution in [3.63, 3.8) is 0 Å². The van der Waals surface area contributed by atoms with Crippen LogP contribution >= 0.6 is 24.0 Å². The number of rotatable bonds is 1. The summed E-state index contributed by atoms with van der Waals surface area (Å²) in [5.41, 5.74) is -0.352. The molecule has 0 aliphatic carbocycles. The summed E-state index contributed by atoms with van der Waals surface area (Å²) in [7, 11) is 0. The summed E-state index contributed by atoms with van der Waals surface area (Å²) >= 11 is 6.99. The average molecular weight is 332 g/mol. The molecule has 2 aliphatic rings. The first-order valence-corrected chi connectivity index (χ1v) is 7.85. The molecule has 0 bridgehead atoms. The highest BCUT2D eigenvalue weighted by atomic mass is 32.2. The van der Waals surface area contributed by atoms with Gasteiger partial charge in [0.25, 0.3) is 5.91 Å². The predicted molar refractivity (Wildman–Crippen MR) is 79.1 cm³/mol. The van der Waals surface area contributed by atoms with Crippen molar-refractivity contribution in [3.8, 4) is 0 Å². The fourth-order valence-corrected chi connectivity index (χ4v) is 3.94. The standard InChI is InChI=1S/C13H11F3N2OS2/c14-13(15,16)8-1-3-9(4-2-8)18-11(19)10-5-6-21-7-17(10)12(18)20/h1-4,10H,5-7H2/t10-/m1/s1. The number of fused-ring (bicyclic) bond motifs is 1. The van der Waals surface area contributed by atoms with Gasteiger partial charge >= 0.3 is 6.18 Å². The lowest BCUT2D eigenvalue weighted by Gasteiger charge is -2.27. The van der Waals surface area contributed by atoms with Gasteiger partial charge in [-0.05, 0) is 48.7 Å². The Morgan fingerprint density at radius 2 is 1.90 bits per heavy atom. The molecule has 21 heavy (non-hydrogen) atoms. The Balaban J connectivity index is 1.90. The molecule has 2 saturated heterocycles. The maximum atomic E-state index is 12.6. The van der Waals surface area contributed by atoms with E-state index < -0.39 is 11.7 Å². The van der Waals surface area contributed by atoms with Gasteiger partial charge in [-0.15, -0.1) is 11.8 Å². The van der Waals surface area contributed by atoms with E-state index in [1.165, 1.54) is 17.0 Å². The van der Waals surface area contributed by atoms with Crippen LogP contribution in [0.15, 0.2) is 24.3 Å². The van der Waals surface area contributed by atoms with Gasteiger partial charge < -0.3 is 4.90 Å². The molecule has 1 atom stereocenters. The van der Waals surface area contributed by atoms with Gasteiger partial charge in [0.15, 0.2) is 5.11 Å². The van der Waals surface area contributed by atoms with Gasteiger partial charge in [-0.2, -0.15) is 13.2 Å². The third-order valence-corrected chi connectivity index (χ3v) is 4.94. The summed E-state index contributed by atoms with van der Waals surface area (Å²) in [6.07, 6.45) is -3.68. The van der Waals surface area contributed by atoms with Crippen molar-refractivity contribution in [2.75, 3.05) is 16.5 Å². The van der Waals surface area contributed by atoms with Gasteiger partial charge in [0.05, 0.1) is 17.1 Å². The molecule has 0 aromatic heterocycles. The highest BCUT2D eigenvalue weighted by Crippen LogP contribution is 2.34. The Kier molecular flexibility index (Phi) is 3.61. The molecule has 1 amide bonds. The zero-order chi connectivity index (χ0) is 15.2. The monoisotopic (exact) mass is 332 g/mol. The minimum absolute atomic E-state index is 0.153. The van der Waals surface area contributed by atoms with E-state index >= 15 is 0 Å². The lowest BCUT2D eigenvalue weighted by molar-refractivity contribution is -0.137. The Bertz CT molecular complexity index is 564. The largest absolute Gasteiger partial charge is 0.416 e. The number of alkyl halides is 3. The number of hydrogen-bond donors (Lipinski definition) is 0. The van der Waals surface area contributed by atoms with Crippen LogP contribution in [0.2, 0.25) is 0 Å². The van der Waals surface area contributed by atoms with Gasteiger partial charge in [0, 0.05) is 0 Å². The third kappa shape index (κ3) is 2.50. The van der Waals surface area contributed by atoms with Crippen LogP contribution in [0.3, 0.4) is 0 Å². The zero-order valence-corrected chi connectivity index (χ0v) is 12.4. The second kappa shape index (κ2) is 5.17. The summed E-state index contributed by atoms with van der Waals surface area (Å²) in [4.78, 5) is 15.6. The molecule has 3 rings (SSSR count). The molecule has 1 aromatic rings. The number of carbonyl (C=O) groups excluding carboxylic acids is 1. The van der Waals surface area contributed by atoms with E-state index in [0.717, 1.165) is 17.9 Å². The van der Waals surface area contributed by atoms with Crippen LogP contribution in [0.5, 0.6) is 0 Å². The van der Waals surface area contributed by atoms with Gasteiger partial charge in [-0.1, -0.05) is 0 Å². The Labute approximate surface area is 129 Å². The molecule has 0 saturated carbocycles. The smallest absolute Gasteiger partial charge is 0.327 e. The minimum Gasteiger partial charge on any atom is -0.327 e. The van der Waals surface area contributed by atoms with Crippen molar-refractivity contribution >= 4 is 40.7 Å². The van der Waals surface area contributed by atoms with Crippen LogP contribution in [0, 0.1) is 0 Å². The van der Waals surface area contributed by atoms with Crippen LogP contribution in [-0.2, 0) is 11.0 Å². The SMILES string of the molecule is O=C1[C@H]2CCSCN2C(=S)N1c1ccc(C(F)(F)F)cc1. The minimum atomic E-state index is -4.39. The van der Waals surface area contributed by atoms with Crippen molar-refractivity contribution in [2.24, 2.45) is 0 Å². The maximum absolute atomic E-state index is 12.6. The number of amides is 1. The molecule has 0 N–H and O–H groups in total. The second-order valence-corrected chi connectivity index (χ2v) is 6.25. The molecule has 0 radical (unpaired) electrons. The number of thioether (sulfide) groups is 1. The quantitative estimate of drug-likeness (QED) is 0.738. The third-order valence-electron chi connectivity index (χ3n) is 3.54. The van der Waals surface area contributed by atoms with Crippen LogP contribution in [0.4, 0.5) is 18.9 Å². The van der Waals surface area contributed by atoms with Crippen LogP contribution < -0.4 is 4.90 Å². The van der Waals surface area contributed by atoms with Crippen LogP contribution in [0.1, 0.15) is 12.0 Å². The van der Waals surface area contributed by atoms with E-state index in [2.05, 4.69) is 0 Å². The number of halogens is 3. The van der Waals surface area contributed by atoms with E-state index in [1.54, 1.807) is 11.8 Å². The first kappa shape index (κ1) is 14.6. The first-order valence-electron chi connectivity index (χ1n) is 6.29. The summed E-state index contributed by atoms with van der Waals surface area (Å²) in [6.45, 7) is 0. The van der Waals surface area contributed by atoms with Gasteiger partial charge in [0.2, 0.25) is 0 Å². The molecule has 3 nitrogen and oxygen atoms in total.